The van der Waals surface area contributed by atoms with Gasteiger partial charge in [-0.25, -0.2) is 0 Å². The van der Waals surface area contributed by atoms with Crippen LogP contribution in [-0.2, 0) is 0 Å². The molecule has 96 valence electrons. The molecule has 17 heavy (non-hydrogen) atoms. The number of aliphatic hydroxyl groups is 1. The van der Waals surface area contributed by atoms with Gasteiger partial charge >= 0.3 is 0 Å². The summed E-state index contributed by atoms with van der Waals surface area (Å²) < 4.78 is 5.65. The minimum atomic E-state index is -0.394. The minimum absolute atomic E-state index is 0.394. The van der Waals surface area contributed by atoms with Gasteiger partial charge < -0.3 is 9.84 Å². The molecule has 1 atom stereocenters. The van der Waals surface area contributed by atoms with Crippen molar-refractivity contribution < 1.29 is 9.84 Å². The van der Waals surface area contributed by atoms with Crippen LogP contribution in [-0.4, -0.2) is 11.7 Å². The Labute approximate surface area is 105 Å². The molecule has 0 fully saturated rings. The van der Waals surface area contributed by atoms with E-state index in [-0.39, 0.29) is 0 Å². The van der Waals surface area contributed by atoms with Crippen LogP contribution in [0.3, 0.4) is 0 Å². The van der Waals surface area contributed by atoms with Crippen molar-refractivity contribution in [2.24, 2.45) is 0 Å². The third-order valence-electron chi connectivity index (χ3n) is 2.82. The van der Waals surface area contributed by atoms with E-state index in [0.29, 0.717) is 6.61 Å². The van der Waals surface area contributed by atoms with Crippen LogP contribution in [0, 0.1) is 0 Å². The molecule has 1 N–H and O–H groups in total. The molecule has 0 radical (unpaired) electrons. The molecule has 0 aromatic heterocycles. The van der Waals surface area contributed by atoms with Crippen molar-refractivity contribution in [3.63, 3.8) is 0 Å². The molecule has 0 heterocycles. The topological polar surface area (TPSA) is 29.5 Å². The number of unbranched alkanes of at least 4 members (excludes halogenated alkanes) is 2. The third kappa shape index (κ3) is 4.78. The summed E-state index contributed by atoms with van der Waals surface area (Å²) in [6.07, 6.45) is 4.84. The summed E-state index contributed by atoms with van der Waals surface area (Å²) in [7, 11) is 0. The van der Waals surface area contributed by atoms with Gasteiger partial charge in [-0.15, -0.1) is 0 Å². The number of rotatable bonds is 8. The number of hydrogen-bond donors (Lipinski definition) is 1. The normalized spacial score (nSPS) is 12.4. The lowest BCUT2D eigenvalue weighted by Gasteiger charge is -2.15. The maximum atomic E-state index is 10.1. The second-order valence-electron chi connectivity index (χ2n) is 4.40. The molecule has 2 heteroatoms. The van der Waals surface area contributed by atoms with Gasteiger partial charge in [-0.3, -0.25) is 0 Å². The highest BCUT2D eigenvalue weighted by atomic mass is 16.5. The Balaban J connectivity index is 2.60. The average Bonchev–Trinajstić information content (AvgIpc) is 2.37. The Morgan fingerprint density at radius 1 is 1.12 bits per heavy atom. The number of para-hydroxylation sites is 1. The molecule has 1 rings (SSSR count). The molecule has 1 aromatic carbocycles. The zero-order valence-corrected chi connectivity index (χ0v) is 11.0. The summed E-state index contributed by atoms with van der Waals surface area (Å²) in [5.41, 5.74) is 0.928. The molecule has 0 amide bonds. The van der Waals surface area contributed by atoms with Crippen LogP contribution in [0.2, 0.25) is 0 Å². The smallest absolute Gasteiger partial charge is 0.125 e. The van der Waals surface area contributed by atoms with E-state index in [0.717, 1.165) is 30.6 Å². The third-order valence-corrected chi connectivity index (χ3v) is 2.82. The Morgan fingerprint density at radius 2 is 1.88 bits per heavy atom. The van der Waals surface area contributed by atoms with Gasteiger partial charge in [-0.05, 0) is 18.9 Å². The minimum Gasteiger partial charge on any atom is -0.493 e. The Kier molecular flexibility index (Phi) is 6.71. The van der Waals surface area contributed by atoms with Crippen molar-refractivity contribution >= 4 is 0 Å². The van der Waals surface area contributed by atoms with Crippen molar-refractivity contribution in [2.75, 3.05) is 6.61 Å². The van der Waals surface area contributed by atoms with E-state index in [1.54, 1.807) is 0 Å². The van der Waals surface area contributed by atoms with Gasteiger partial charge in [0.15, 0.2) is 0 Å². The molecule has 0 saturated heterocycles. The average molecular weight is 236 g/mol. The highest BCUT2D eigenvalue weighted by molar-refractivity contribution is 5.35. The zero-order valence-electron chi connectivity index (χ0n) is 11.0. The monoisotopic (exact) mass is 236 g/mol. The summed E-state index contributed by atoms with van der Waals surface area (Å²) in [5.74, 6) is 0.832. The standard InChI is InChI=1S/C15H24O2/c1-3-5-6-10-14(16)13-9-7-8-11-15(13)17-12-4-2/h7-9,11,14,16H,3-6,10,12H2,1-2H3. The summed E-state index contributed by atoms with van der Waals surface area (Å²) >= 11 is 0. The summed E-state index contributed by atoms with van der Waals surface area (Å²) in [4.78, 5) is 0. The summed E-state index contributed by atoms with van der Waals surface area (Å²) in [5, 5.41) is 10.1. The van der Waals surface area contributed by atoms with Gasteiger partial charge in [0.2, 0.25) is 0 Å². The lowest BCUT2D eigenvalue weighted by molar-refractivity contribution is 0.157. The maximum Gasteiger partial charge on any atom is 0.125 e. The first-order valence-corrected chi connectivity index (χ1v) is 6.69. The molecule has 0 aliphatic heterocycles. The lowest BCUT2D eigenvalue weighted by Crippen LogP contribution is -2.03. The first-order valence-electron chi connectivity index (χ1n) is 6.69. The number of benzene rings is 1. The van der Waals surface area contributed by atoms with Gasteiger partial charge in [0.05, 0.1) is 12.7 Å². The molecule has 2 nitrogen and oxygen atoms in total. The first-order chi connectivity index (χ1) is 8.29. The highest BCUT2D eigenvalue weighted by Crippen LogP contribution is 2.28. The second-order valence-corrected chi connectivity index (χ2v) is 4.40. The summed E-state index contributed by atoms with van der Waals surface area (Å²) in [6, 6.07) is 7.81. The molecule has 0 aliphatic rings. The lowest BCUT2D eigenvalue weighted by atomic mass is 10.0. The Hall–Kier alpha value is -1.02. The van der Waals surface area contributed by atoms with Crippen molar-refractivity contribution in [1.29, 1.82) is 0 Å². The van der Waals surface area contributed by atoms with E-state index < -0.39 is 6.10 Å². The maximum absolute atomic E-state index is 10.1. The fourth-order valence-corrected chi connectivity index (χ4v) is 1.84. The van der Waals surface area contributed by atoms with Gasteiger partial charge in [-0.1, -0.05) is 51.3 Å². The van der Waals surface area contributed by atoms with E-state index in [9.17, 15) is 5.11 Å². The van der Waals surface area contributed by atoms with Gasteiger partial charge in [0.1, 0.15) is 5.75 Å². The molecule has 1 aromatic rings. The van der Waals surface area contributed by atoms with Crippen molar-refractivity contribution in [2.45, 2.75) is 52.1 Å². The Morgan fingerprint density at radius 3 is 2.59 bits per heavy atom. The molecule has 0 saturated carbocycles. The number of hydrogen-bond acceptors (Lipinski definition) is 2. The van der Waals surface area contributed by atoms with E-state index in [4.69, 9.17) is 4.74 Å². The van der Waals surface area contributed by atoms with E-state index in [2.05, 4.69) is 13.8 Å². The predicted molar refractivity (Wildman–Crippen MR) is 71.3 cm³/mol. The van der Waals surface area contributed by atoms with E-state index in [1.165, 1.54) is 12.8 Å². The van der Waals surface area contributed by atoms with Crippen LogP contribution in [0.15, 0.2) is 24.3 Å². The van der Waals surface area contributed by atoms with E-state index in [1.807, 2.05) is 24.3 Å². The van der Waals surface area contributed by atoms with Crippen LogP contribution in [0.5, 0.6) is 5.75 Å². The van der Waals surface area contributed by atoms with Gasteiger partial charge in [0.25, 0.3) is 0 Å². The molecule has 0 aliphatic carbocycles. The number of aliphatic hydroxyl groups excluding tert-OH is 1. The quantitative estimate of drug-likeness (QED) is 0.689. The molecule has 0 spiro atoms. The van der Waals surface area contributed by atoms with Crippen LogP contribution in [0.1, 0.15) is 57.6 Å². The fourth-order valence-electron chi connectivity index (χ4n) is 1.84. The van der Waals surface area contributed by atoms with Crippen molar-refractivity contribution in [3.8, 4) is 5.75 Å². The molecular formula is C15H24O2. The molecule has 1 unspecified atom stereocenters. The van der Waals surface area contributed by atoms with Gasteiger partial charge in [-0.2, -0.15) is 0 Å². The first kappa shape index (κ1) is 14.0. The summed E-state index contributed by atoms with van der Waals surface area (Å²) in [6.45, 7) is 4.96. The second kappa shape index (κ2) is 8.13. The Bertz CT molecular complexity index is 310. The SMILES string of the molecule is CCCCCC(O)c1ccccc1OCCC. The van der Waals surface area contributed by atoms with Crippen molar-refractivity contribution in [3.05, 3.63) is 29.8 Å². The van der Waals surface area contributed by atoms with Crippen LogP contribution in [0.25, 0.3) is 0 Å². The van der Waals surface area contributed by atoms with Crippen LogP contribution in [0.4, 0.5) is 0 Å². The van der Waals surface area contributed by atoms with Crippen molar-refractivity contribution in [1.82, 2.24) is 0 Å². The predicted octanol–water partition coefficient (Wildman–Crippen LogP) is 4.09. The van der Waals surface area contributed by atoms with Crippen LogP contribution < -0.4 is 4.74 Å². The largest absolute Gasteiger partial charge is 0.493 e. The van der Waals surface area contributed by atoms with E-state index >= 15 is 0 Å². The molecule has 0 bridgehead atoms. The zero-order chi connectivity index (χ0) is 12.5. The van der Waals surface area contributed by atoms with Crippen LogP contribution >= 0.6 is 0 Å². The fraction of sp³-hybridized carbons (Fsp3) is 0.600. The number of ether oxygens (including phenoxy) is 1. The molecular weight excluding hydrogens is 212 g/mol. The van der Waals surface area contributed by atoms with Gasteiger partial charge in [0, 0.05) is 5.56 Å². The highest BCUT2D eigenvalue weighted by Gasteiger charge is 2.12.